The minimum absolute atomic E-state index is 0.0185. The van der Waals surface area contributed by atoms with E-state index in [4.69, 9.17) is 0 Å². The highest BCUT2D eigenvalue weighted by Gasteiger charge is 2.18. The molecule has 0 spiro atoms. The van der Waals surface area contributed by atoms with Gasteiger partial charge in [0.25, 0.3) is 0 Å². The summed E-state index contributed by atoms with van der Waals surface area (Å²) >= 11 is 0. The van der Waals surface area contributed by atoms with Gasteiger partial charge >= 0.3 is 0 Å². The van der Waals surface area contributed by atoms with Gasteiger partial charge in [-0.25, -0.2) is 4.98 Å². The Labute approximate surface area is 107 Å². The van der Waals surface area contributed by atoms with Gasteiger partial charge in [0, 0.05) is 5.54 Å². The zero-order chi connectivity index (χ0) is 13.2. The molecular formula is C14H19N3O. The van der Waals surface area contributed by atoms with Crippen molar-refractivity contribution in [2.75, 3.05) is 0 Å². The zero-order valence-electron chi connectivity index (χ0n) is 11.1. The molecule has 1 aromatic carbocycles. The van der Waals surface area contributed by atoms with Crippen LogP contribution in [0.25, 0.3) is 11.0 Å². The Kier molecular flexibility index (Phi) is 3.36. The minimum Gasteiger partial charge on any atom is -0.350 e. The van der Waals surface area contributed by atoms with Crippen molar-refractivity contribution >= 4 is 16.9 Å². The molecule has 18 heavy (non-hydrogen) atoms. The zero-order valence-corrected chi connectivity index (χ0v) is 11.1. The van der Waals surface area contributed by atoms with Gasteiger partial charge in [-0.1, -0.05) is 19.1 Å². The second-order valence-electron chi connectivity index (χ2n) is 5.15. The summed E-state index contributed by atoms with van der Waals surface area (Å²) in [5.74, 6) is 0.0185. The Morgan fingerprint density at radius 3 is 2.83 bits per heavy atom. The van der Waals surface area contributed by atoms with E-state index in [9.17, 15) is 4.79 Å². The van der Waals surface area contributed by atoms with Gasteiger partial charge in [-0.05, 0) is 32.4 Å². The molecule has 96 valence electrons. The van der Waals surface area contributed by atoms with E-state index in [-0.39, 0.29) is 11.4 Å². The van der Waals surface area contributed by atoms with E-state index in [0.717, 1.165) is 17.5 Å². The first kappa shape index (κ1) is 12.6. The number of carbonyl (C=O) groups is 1. The highest BCUT2D eigenvalue weighted by atomic mass is 16.2. The smallest absolute Gasteiger partial charge is 0.240 e. The summed E-state index contributed by atoms with van der Waals surface area (Å²) < 4.78 is 1.87. The molecule has 4 nitrogen and oxygen atoms in total. The van der Waals surface area contributed by atoms with Crippen LogP contribution in [0.2, 0.25) is 0 Å². The Hall–Kier alpha value is -1.84. The third kappa shape index (κ3) is 2.70. The number of amides is 1. The second kappa shape index (κ2) is 4.80. The number of aromatic nitrogens is 2. The van der Waals surface area contributed by atoms with Gasteiger partial charge in [0.15, 0.2) is 0 Å². The van der Waals surface area contributed by atoms with Crippen LogP contribution in [-0.4, -0.2) is 21.0 Å². The van der Waals surface area contributed by atoms with Crippen molar-refractivity contribution in [1.82, 2.24) is 14.9 Å². The summed E-state index contributed by atoms with van der Waals surface area (Å²) in [7, 11) is 0. The number of nitrogens with one attached hydrogen (secondary N) is 1. The molecular weight excluding hydrogens is 226 g/mol. The van der Waals surface area contributed by atoms with Crippen molar-refractivity contribution in [3.63, 3.8) is 0 Å². The van der Waals surface area contributed by atoms with Crippen LogP contribution in [0.3, 0.4) is 0 Å². The summed E-state index contributed by atoms with van der Waals surface area (Å²) in [6, 6.07) is 7.81. The number of carbonyl (C=O) groups excluding carboxylic acids is 1. The third-order valence-electron chi connectivity index (χ3n) is 3.20. The monoisotopic (exact) mass is 245 g/mol. The van der Waals surface area contributed by atoms with E-state index < -0.39 is 0 Å². The summed E-state index contributed by atoms with van der Waals surface area (Å²) in [4.78, 5) is 16.2. The standard InChI is InChI=1S/C14H19N3O/c1-4-14(2,3)16-13(18)9-17-10-15-11-7-5-6-8-12(11)17/h5-8,10H,4,9H2,1-3H3,(H,16,18). The van der Waals surface area contributed by atoms with E-state index in [0.29, 0.717) is 6.54 Å². The molecule has 1 amide bonds. The third-order valence-corrected chi connectivity index (χ3v) is 3.20. The predicted octanol–water partition coefficient (Wildman–Crippen LogP) is 2.34. The molecule has 0 atom stereocenters. The Morgan fingerprint density at radius 1 is 1.39 bits per heavy atom. The van der Waals surface area contributed by atoms with E-state index >= 15 is 0 Å². The van der Waals surface area contributed by atoms with Gasteiger partial charge in [0.2, 0.25) is 5.91 Å². The molecule has 1 N–H and O–H groups in total. The first-order chi connectivity index (χ1) is 8.52. The lowest BCUT2D eigenvalue weighted by Gasteiger charge is -2.24. The fraction of sp³-hybridized carbons (Fsp3) is 0.429. The van der Waals surface area contributed by atoms with Crippen LogP contribution in [0.15, 0.2) is 30.6 Å². The van der Waals surface area contributed by atoms with E-state index in [2.05, 4.69) is 17.2 Å². The van der Waals surface area contributed by atoms with Crippen LogP contribution in [0.1, 0.15) is 27.2 Å². The molecule has 0 fully saturated rings. The second-order valence-corrected chi connectivity index (χ2v) is 5.15. The molecule has 1 heterocycles. The molecule has 4 heteroatoms. The number of nitrogens with zero attached hydrogens (tertiary/aromatic N) is 2. The van der Waals surface area contributed by atoms with Crippen molar-refractivity contribution in [2.45, 2.75) is 39.3 Å². The number of para-hydroxylation sites is 2. The highest BCUT2D eigenvalue weighted by molar-refractivity contribution is 5.80. The summed E-state index contributed by atoms with van der Waals surface area (Å²) in [5.41, 5.74) is 1.75. The van der Waals surface area contributed by atoms with Crippen LogP contribution < -0.4 is 5.32 Å². The molecule has 0 bridgehead atoms. The fourth-order valence-corrected chi connectivity index (χ4v) is 1.80. The molecule has 0 saturated carbocycles. The number of benzene rings is 1. The molecule has 2 aromatic rings. The fourth-order valence-electron chi connectivity index (χ4n) is 1.80. The molecule has 1 aromatic heterocycles. The largest absolute Gasteiger partial charge is 0.350 e. The van der Waals surface area contributed by atoms with Gasteiger partial charge in [-0.3, -0.25) is 4.79 Å². The molecule has 0 radical (unpaired) electrons. The van der Waals surface area contributed by atoms with Gasteiger partial charge in [-0.2, -0.15) is 0 Å². The van der Waals surface area contributed by atoms with Crippen LogP contribution in [-0.2, 0) is 11.3 Å². The predicted molar refractivity (Wildman–Crippen MR) is 72.2 cm³/mol. The van der Waals surface area contributed by atoms with Crippen molar-refractivity contribution < 1.29 is 4.79 Å². The molecule has 0 saturated heterocycles. The topological polar surface area (TPSA) is 46.9 Å². The van der Waals surface area contributed by atoms with E-state index in [1.807, 2.05) is 42.7 Å². The lowest BCUT2D eigenvalue weighted by atomic mass is 10.0. The number of rotatable bonds is 4. The average Bonchev–Trinajstić information content (AvgIpc) is 2.72. The van der Waals surface area contributed by atoms with Gasteiger partial charge in [0.1, 0.15) is 6.54 Å². The quantitative estimate of drug-likeness (QED) is 0.898. The maximum absolute atomic E-state index is 12.0. The lowest BCUT2D eigenvalue weighted by molar-refractivity contribution is -0.123. The highest BCUT2D eigenvalue weighted by Crippen LogP contribution is 2.12. The maximum Gasteiger partial charge on any atom is 0.240 e. The van der Waals surface area contributed by atoms with Crippen LogP contribution >= 0.6 is 0 Å². The van der Waals surface area contributed by atoms with Crippen molar-refractivity contribution in [1.29, 1.82) is 0 Å². The first-order valence-corrected chi connectivity index (χ1v) is 6.23. The normalized spacial score (nSPS) is 11.7. The van der Waals surface area contributed by atoms with Crippen molar-refractivity contribution in [3.05, 3.63) is 30.6 Å². The van der Waals surface area contributed by atoms with Crippen LogP contribution in [0.5, 0.6) is 0 Å². The van der Waals surface area contributed by atoms with Gasteiger partial charge in [-0.15, -0.1) is 0 Å². The van der Waals surface area contributed by atoms with Gasteiger partial charge in [0.05, 0.1) is 17.4 Å². The molecule has 2 rings (SSSR count). The van der Waals surface area contributed by atoms with E-state index in [1.54, 1.807) is 6.33 Å². The lowest BCUT2D eigenvalue weighted by Crippen LogP contribution is -2.44. The maximum atomic E-state index is 12.0. The summed E-state index contributed by atoms with van der Waals surface area (Å²) in [5, 5.41) is 3.02. The van der Waals surface area contributed by atoms with Crippen LogP contribution in [0, 0.1) is 0 Å². The Morgan fingerprint density at radius 2 is 2.11 bits per heavy atom. The number of hydrogen-bond acceptors (Lipinski definition) is 2. The molecule has 0 unspecified atom stereocenters. The van der Waals surface area contributed by atoms with Crippen molar-refractivity contribution in [2.24, 2.45) is 0 Å². The Bertz CT molecular complexity index is 557. The molecule has 0 aliphatic carbocycles. The average molecular weight is 245 g/mol. The Balaban J connectivity index is 2.12. The number of imidazole rings is 1. The number of hydrogen-bond donors (Lipinski definition) is 1. The van der Waals surface area contributed by atoms with Crippen molar-refractivity contribution in [3.8, 4) is 0 Å². The van der Waals surface area contributed by atoms with Gasteiger partial charge < -0.3 is 9.88 Å². The SMILES string of the molecule is CCC(C)(C)NC(=O)Cn1cnc2ccccc21. The summed E-state index contributed by atoms with van der Waals surface area (Å²) in [6.45, 7) is 6.42. The molecule has 0 aliphatic rings. The summed E-state index contributed by atoms with van der Waals surface area (Å²) in [6.07, 6.45) is 2.62. The molecule has 0 aliphatic heterocycles. The van der Waals surface area contributed by atoms with E-state index in [1.165, 1.54) is 0 Å². The minimum atomic E-state index is -0.159. The first-order valence-electron chi connectivity index (χ1n) is 6.23. The van der Waals surface area contributed by atoms with Crippen LogP contribution in [0.4, 0.5) is 0 Å². The number of fused-ring (bicyclic) bond motifs is 1.